The monoisotopic (exact) mass is 370 g/mol. The summed E-state index contributed by atoms with van der Waals surface area (Å²) < 4.78 is 19.4. The van der Waals surface area contributed by atoms with Gasteiger partial charge in [-0.1, -0.05) is 12.1 Å². The molecule has 27 heavy (non-hydrogen) atoms. The molecule has 0 bridgehead atoms. The number of hydrogen-bond acceptors (Lipinski definition) is 3. The van der Waals surface area contributed by atoms with E-state index in [4.69, 9.17) is 4.42 Å². The number of furan rings is 1. The molecule has 0 atom stereocenters. The third-order valence-electron chi connectivity index (χ3n) is 5.77. The van der Waals surface area contributed by atoms with Crippen molar-refractivity contribution in [3.63, 3.8) is 0 Å². The predicted molar refractivity (Wildman–Crippen MR) is 98.5 cm³/mol. The number of amides is 2. The van der Waals surface area contributed by atoms with Crippen molar-refractivity contribution in [3.8, 4) is 11.3 Å². The summed E-state index contributed by atoms with van der Waals surface area (Å²) in [5.41, 5.74) is 0.481. The van der Waals surface area contributed by atoms with Gasteiger partial charge in [0.2, 0.25) is 5.91 Å². The summed E-state index contributed by atoms with van der Waals surface area (Å²) in [6, 6.07) is 9.59. The van der Waals surface area contributed by atoms with E-state index >= 15 is 0 Å². The molecule has 5 nitrogen and oxygen atoms in total. The van der Waals surface area contributed by atoms with Crippen LogP contribution in [0.25, 0.3) is 11.3 Å². The van der Waals surface area contributed by atoms with Gasteiger partial charge in [0.25, 0.3) is 5.91 Å². The van der Waals surface area contributed by atoms with Crippen molar-refractivity contribution in [1.29, 1.82) is 0 Å². The lowest BCUT2D eigenvalue weighted by molar-refractivity contribution is -0.134. The molecular formula is C21H23FN2O3. The number of rotatable bonds is 3. The Kier molecular flexibility index (Phi) is 4.50. The zero-order chi connectivity index (χ0) is 19.0. The largest absolute Gasteiger partial charge is 0.451 e. The summed E-state index contributed by atoms with van der Waals surface area (Å²) in [5.74, 6) is -0.0162. The Balaban J connectivity index is 1.36. The molecule has 1 saturated heterocycles. The molecule has 4 rings (SSSR count). The maximum absolute atomic E-state index is 13.9. The Morgan fingerprint density at radius 2 is 2.00 bits per heavy atom. The van der Waals surface area contributed by atoms with Crippen LogP contribution in [-0.2, 0) is 4.79 Å². The van der Waals surface area contributed by atoms with Gasteiger partial charge in [0, 0.05) is 26.1 Å². The fourth-order valence-corrected chi connectivity index (χ4v) is 4.42. The molecule has 1 N–H and O–H groups in total. The topological polar surface area (TPSA) is 62.6 Å². The second-order valence-electron chi connectivity index (χ2n) is 7.77. The lowest BCUT2D eigenvalue weighted by Crippen LogP contribution is -2.57. The number of piperidine rings is 1. The van der Waals surface area contributed by atoms with E-state index in [0.29, 0.717) is 11.3 Å². The van der Waals surface area contributed by atoms with Crippen molar-refractivity contribution in [2.24, 2.45) is 5.41 Å². The number of carbonyl (C=O) groups excluding carboxylic acids is 2. The van der Waals surface area contributed by atoms with Gasteiger partial charge in [-0.2, -0.15) is 0 Å². The molecule has 1 aromatic heterocycles. The van der Waals surface area contributed by atoms with Crippen LogP contribution in [-0.4, -0.2) is 35.8 Å². The Labute approximate surface area is 157 Å². The van der Waals surface area contributed by atoms with Gasteiger partial charge in [-0.05, 0) is 55.4 Å². The van der Waals surface area contributed by atoms with Crippen molar-refractivity contribution < 1.29 is 18.4 Å². The third-order valence-corrected chi connectivity index (χ3v) is 5.77. The first-order valence-electron chi connectivity index (χ1n) is 9.37. The fourth-order valence-electron chi connectivity index (χ4n) is 4.42. The van der Waals surface area contributed by atoms with Gasteiger partial charge in [-0.3, -0.25) is 9.59 Å². The van der Waals surface area contributed by atoms with Crippen molar-refractivity contribution in [3.05, 3.63) is 48.0 Å². The molecule has 2 aliphatic rings. The summed E-state index contributed by atoms with van der Waals surface area (Å²) in [4.78, 5) is 26.0. The van der Waals surface area contributed by atoms with Crippen LogP contribution in [0.4, 0.5) is 4.39 Å². The molecule has 2 heterocycles. The van der Waals surface area contributed by atoms with Crippen LogP contribution in [0.15, 0.2) is 40.8 Å². The Morgan fingerprint density at radius 3 is 2.74 bits per heavy atom. The molecule has 2 aromatic rings. The number of nitrogens with zero attached hydrogens (tertiary/aromatic N) is 1. The minimum Gasteiger partial charge on any atom is -0.451 e. The second kappa shape index (κ2) is 6.83. The van der Waals surface area contributed by atoms with E-state index in [1.807, 2.05) is 4.90 Å². The van der Waals surface area contributed by atoms with E-state index in [2.05, 4.69) is 5.32 Å². The highest BCUT2D eigenvalue weighted by atomic mass is 19.1. The number of benzene rings is 1. The van der Waals surface area contributed by atoms with Crippen LogP contribution in [0.1, 0.15) is 43.2 Å². The van der Waals surface area contributed by atoms with Gasteiger partial charge < -0.3 is 14.6 Å². The molecule has 2 amide bonds. The molecule has 0 unspecified atom stereocenters. The number of hydrogen-bond donors (Lipinski definition) is 1. The van der Waals surface area contributed by atoms with Crippen LogP contribution < -0.4 is 5.32 Å². The highest BCUT2D eigenvalue weighted by Gasteiger charge is 2.47. The number of likely N-dealkylation sites (tertiary alicyclic amines) is 1. The first-order valence-corrected chi connectivity index (χ1v) is 9.37. The van der Waals surface area contributed by atoms with E-state index in [-0.39, 0.29) is 34.8 Å². The van der Waals surface area contributed by atoms with E-state index in [1.165, 1.54) is 6.07 Å². The number of halogens is 1. The minimum atomic E-state index is -0.382. The molecule has 2 fully saturated rings. The molecule has 142 valence electrons. The van der Waals surface area contributed by atoms with Crippen LogP contribution in [0.2, 0.25) is 0 Å². The van der Waals surface area contributed by atoms with E-state index in [1.54, 1.807) is 37.3 Å². The summed E-state index contributed by atoms with van der Waals surface area (Å²) in [6.45, 7) is 3.23. The van der Waals surface area contributed by atoms with E-state index in [9.17, 15) is 14.0 Å². The predicted octanol–water partition coefficient (Wildman–Crippen LogP) is 3.61. The standard InChI is InChI=1S/C21H23FN2O3/c1-14(25)24-10-4-9-21(13-24)11-15(12-21)23-20(26)19-8-7-18(27-19)16-5-2-3-6-17(16)22/h2-3,5-8,15H,4,9-13H2,1H3,(H,23,26). The average molecular weight is 370 g/mol. The first kappa shape index (κ1) is 17.8. The van der Waals surface area contributed by atoms with Crippen LogP contribution in [0.5, 0.6) is 0 Å². The molecule has 1 saturated carbocycles. The lowest BCUT2D eigenvalue weighted by Gasteiger charge is -2.52. The molecule has 1 aliphatic heterocycles. The summed E-state index contributed by atoms with van der Waals surface area (Å²) in [6.07, 6.45) is 3.87. The second-order valence-corrected chi connectivity index (χ2v) is 7.77. The maximum Gasteiger partial charge on any atom is 0.287 e. The highest BCUT2D eigenvalue weighted by Crippen LogP contribution is 2.47. The van der Waals surface area contributed by atoms with E-state index < -0.39 is 0 Å². The lowest BCUT2D eigenvalue weighted by atomic mass is 9.61. The van der Waals surface area contributed by atoms with Crippen molar-refractivity contribution in [2.75, 3.05) is 13.1 Å². The SMILES string of the molecule is CC(=O)N1CCCC2(CC(NC(=O)c3ccc(-c4ccccc4F)o3)C2)C1. The highest BCUT2D eigenvalue weighted by molar-refractivity contribution is 5.92. The molecule has 6 heteroatoms. The first-order chi connectivity index (χ1) is 13.0. The summed E-state index contributed by atoms with van der Waals surface area (Å²) in [7, 11) is 0. The van der Waals surface area contributed by atoms with Gasteiger partial charge in [0.05, 0.1) is 5.56 Å². The zero-order valence-corrected chi connectivity index (χ0v) is 15.3. The van der Waals surface area contributed by atoms with Gasteiger partial charge in [-0.15, -0.1) is 0 Å². The van der Waals surface area contributed by atoms with Crippen molar-refractivity contribution in [2.45, 2.75) is 38.6 Å². The van der Waals surface area contributed by atoms with Gasteiger partial charge >= 0.3 is 0 Å². The quantitative estimate of drug-likeness (QED) is 0.898. The van der Waals surface area contributed by atoms with Gasteiger partial charge in [0.1, 0.15) is 11.6 Å². The maximum atomic E-state index is 13.9. The number of nitrogens with one attached hydrogen (secondary N) is 1. The molecule has 1 aliphatic carbocycles. The normalized spacial score (nSPS) is 24.5. The third kappa shape index (κ3) is 3.48. The molecule has 1 spiro atoms. The fraction of sp³-hybridized carbons (Fsp3) is 0.429. The van der Waals surface area contributed by atoms with Crippen molar-refractivity contribution in [1.82, 2.24) is 10.2 Å². The van der Waals surface area contributed by atoms with Crippen molar-refractivity contribution >= 4 is 11.8 Å². The molecule has 1 aromatic carbocycles. The Hall–Kier alpha value is -2.63. The minimum absolute atomic E-state index is 0.0893. The Morgan fingerprint density at radius 1 is 1.22 bits per heavy atom. The summed E-state index contributed by atoms with van der Waals surface area (Å²) >= 11 is 0. The van der Waals surface area contributed by atoms with Crippen LogP contribution in [0, 0.1) is 11.2 Å². The number of carbonyl (C=O) groups is 2. The van der Waals surface area contributed by atoms with Crippen LogP contribution in [0.3, 0.4) is 0 Å². The van der Waals surface area contributed by atoms with Gasteiger partial charge in [-0.25, -0.2) is 4.39 Å². The molecule has 0 radical (unpaired) electrons. The van der Waals surface area contributed by atoms with E-state index in [0.717, 1.165) is 38.8 Å². The Bertz CT molecular complexity index is 870. The summed E-state index contributed by atoms with van der Waals surface area (Å²) in [5, 5.41) is 3.00. The smallest absolute Gasteiger partial charge is 0.287 e. The molecular weight excluding hydrogens is 347 g/mol. The zero-order valence-electron chi connectivity index (χ0n) is 15.3. The van der Waals surface area contributed by atoms with Gasteiger partial charge in [0.15, 0.2) is 5.76 Å². The van der Waals surface area contributed by atoms with Crippen LogP contribution >= 0.6 is 0 Å². The average Bonchev–Trinajstić information content (AvgIpc) is 3.11.